The molecule has 1 aromatic heterocycles. The fraction of sp³-hybridized carbons (Fsp3) is 0.481. The van der Waals surface area contributed by atoms with Crippen LogP contribution in [0.2, 0.25) is 5.02 Å². The van der Waals surface area contributed by atoms with Crippen molar-refractivity contribution in [1.82, 2.24) is 10.3 Å². The predicted octanol–water partition coefficient (Wildman–Crippen LogP) is 3.96. The van der Waals surface area contributed by atoms with Crippen molar-refractivity contribution in [2.75, 3.05) is 32.7 Å². The van der Waals surface area contributed by atoms with Crippen molar-refractivity contribution < 1.29 is 14.4 Å². The number of phenols is 1. The number of nitrogens with two attached hydrogens (primary N) is 1. The van der Waals surface area contributed by atoms with Crippen molar-refractivity contribution in [3.63, 3.8) is 0 Å². The number of halogens is 1. The number of aromatic amines is 1. The van der Waals surface area contributed by atoms with Crippen LogP contribution in [0.1, 0.15) is 43.2 Å². The Bertz CT molecular complexity index is 1240. The number of aromatic nitrogens is 1. The van der Waals surface area contributed by atoms with Crippen LogP contribution in [-0.4, -0.2) is 59.2 Å². The number of carbonyl (C=O) groups is 1. The van der Waals surface area contributed by atoms with E-state index in [1.54, 1.807) is 6.07 Å². The Kier molecular flexibility index (Phi) is 9.06. The SMILES string of the molecule is NC(=O)CC[N+](CCNCCc1ccc(O)c2[nH]c(=O)sc12)(CCc1ccccc1Cl)C1CCCC1. The maximum atomic E-state index is 11.8. The molecule has 2 aromatic carbocycles. The van der Waals surface area contributed by atoms with E-state index in [4.69, 9.17) is 17.3 Å². The molecule has 0 spiro atoms. The molecule has 9 heteroatoms. The van der Waals surface area contributed by atoms with Gasteiger partial charge in [0, 0.05) is 18.0 Å². The number of phenolic OH excluding ortho intramolecular Hbond substituents is 1. The van der Waals surface area contributed by atoms with Crippen molar-refractivity contribution in [2.45, 2.75) is 51.0 Å². The zero-order chi connectivity index (χ0) is 25.5. The van der Waals surface area contributed by atoms with Crippen molar-refractivity contribution in [1.29, 1.82) is 0 Å². The van der Waals surface area contributed by atoms with E-state index >= 15 is 0 Å². The first-order valence-corrected chi connectivity index (χ1v) is 14.0. The summed E-state index contributed by atoms with van der Waals surface area (Å²) in [6.07, 6.45) is 6.84. The van der Waals surface area contributed by atoms with Gasteiger partial charge in [-0.1, -0.05) is 47.2 Å². The Morgan fingerprint density at radius 2 is 1.86 bits per heavy atom. The van der Waals surface area contributed by atoms with Gasteiger partial charge in [-0.2, -0.15) is 0 Å². The Morgan fingerprint density at radius 1 is 1.08 bits per heavy atom. The topological polar surface area (TPSA) is 108 Å². The van der Waals surface area contributed by atoms with Gasteiger partial charge in [-0.05, 0) is 61.9 Å². The molecule has 0 aliphatic heterocycles. The van der Waals surface area contributed by atoms with E-state index in [2.05, 4.69) is 16.4 Å². The molecule has 1 aliphatic carbocycles. The normalized spacial score (nSPS) is 15.9. The number of aromatic hydroxyl groups is 1. The van der Waals surface area contributed by atoms with Gasteiger partial charge in [0.1, 0.15) is 11.3 Å². The van der Waals surface area contributed by atoms with Crippen LogP contribution in [0.25, 0.3) is 10.2 Å². The maximum Gasteiger partial charge on any atom is 0.305 e. The number of benzene rings is 2. The van der Waals surface area contributed by atoms with E-state index in [9.17, 15) is 14.7 Å². The number of fused-ring (bicyclic) bond motifs is 1. The summed E-state index contributed by atoms with van der Waals surface area (Å²) in [6.45, 7) is 4.19. The first-order chi connectivity index (χ1) is 17.4. The average Bonchev–Trinajstić information content (AvgIpc) is 3.53. The molecule has 7 nitrogen and oxygen atoms in total. The zero-order valence-corrected chi connectivity index (χ0v) is 22.2. The number of hydrogen-bond donors (Lipinski definition) is 4. The fourth-order valence-electron chi connectivity index (χ4n) is 5.63. The maximum absolute atomic E-state index is 11.8. The lowest BCUT2D eigenvalue weighted by molar-refractivity contribution is -0.949. The zero-order valence-electron chi connectivity index (χ0n) is 20.6. The van der Waals surface area contributed by atoms with Gasteiger partial charge in [0.05, 0.1) is 36.8 Å². The van der Waals surface area contributed by atoms with Gasteiger partial charge in [0.15, 0.2) is 0 Å². The smallest absolute Gasteiger partial charge is 0.305 e. The highest BCUT2D eigenvalue weighted by molar-refractivity contribution is 7.16. The number of amides is 1. The highest BCUT2D eigenvalue weighted by Gasteiger charge is 2.38. The number of H-pyrrole nitrogens is 1. The van der Waals surface area contributed by atoms with Gasteiger partial charge in [-0.15, -0.1) is 0 Å². The summed E-state index contributed by atoms with van der Waals surface area (Å²) in [6, 6.07) is 12.1. The Balaban J connectivity index is 1.42. The van der Waals surface area contributed by atoms with E-state index in [1.807, 2.05) is 24.3 Å². The van der Waals surface area contributed by atoms with Crippen LogP contribution >= 0.6 is 22.9 Å². The van der Waals surface area contributed by atoms with Gasteiger partial charge in [-0.3, -0.25) is 9.59 Å². The molecule has 1 saturated carbocycles. The van der Waals surface area contributed by atoms with Gasteiger partial charge in [-0.25, -0.2) is 0 Å². The highest BCUT2D eigenvalue weighted by Crippen LogP contribution is 2.31. The summed E-state index contributed by atoms with van der Waals surface area (Å²) in [4.78, 5) is 26.1. The molecule has 1 amide bonds. The van der Waals surface area contributed by atoms with E-state index in [-0.39, 0.29) is 16.5 Å². The number of nitrogens with zero attached hydrogens (tertiary/aromatic N) is 1. The second kappa shape index (κ2) is 12.2. The molecule has 1 aliphatic rings. The monoisotopic (exact) mass is 531 g/mol. The van der Waals surface area contributed by atoms with Crippen LogP contribution in [0, 0.1) is 0 Å². The minimum atomic E-state index is -0.247. The summed E-state index contributed by atoms with van der Waals surface area (Å²) in [5, 5.41) is 14.4. The van der Waals surface area contributed by atoms with Gasteiger partial charge in [0.25, 0.3) is 0 Å². The number of rotatable bonds is 13. The summed E-state index contributed by atoms with van der Waals surface area (Å²) < 4.78 is 1.70. The molecule has 0 radical (unpaired) electrons. The van der Waals surface area contributed by atoms with E-state index in [0.717, 1.165) is 82.2 Å². The highest BCUT2D eigenvalue weighted by atomic mass is 35.5. The van der Waals surface area contributed by atoms with E-state index in [1.165, 1.54) is 25.7 Å². The summed E-state index contributed by atoms with van der Waals surface area (Å²) in [7, 11) is 0. The number of quaternary nitrogens is 1. The fourth-order valence-corrected chi connectivity index (χ4v) is 6.76. The molecule has 0 saturated heterocycles. The number of primary amides is 1. The number of nitrogens with one attached hydrogen (secondary N) is 2. The lowest BCUT2D eigenvalue weighted by atomic mass is 10.0. The second-order valence-corrected chi connectivity index (χ2v) is 11.2. The summed E-state index contributed by atoms with van der Waals surface area (Å²) in [5.74, 6) is -0.144. The van der Waals surface area contributed by atoms with Crippen LogP contribution in [-0.2, 0) is 17.6 Å². The van der Waals surface area contributed by atoms with Gasteiger partial charge < -0.3 is 25.6 Å². The largest absolute Gasteiger partial charge is 0.506 e. The molecule has 4 rings (SSSR count). The molecule has 1 fully saturated rings. The van der Waals surface area contributed by atoms with Gasteiger partial charge in [0.2, 0.25) is 5.91 Å². The van der Waals surface area contributed by atoms with Crippen LogP contribution in [0.4, 0.5) is 0 Å². The van der Waals surface area contributed by atoms with E-state index < -0.39 is 0 Å². The Hall–Kier alpha value is -2.39. The third kappa shape index (κ3) is 6.48. The van der Waals surface area contributed by atoms with Crippen molar-refractivity contribution in [3.05, 3.63) is 62.2 Å². The van der Waals surface area contributed by atoms with Crippen LogP contribution in [0.5, 0.6) is 5.75 Å². The third-order valence-corrected chi connectivity index (χ3v) is 8.96. The molecular formula is C27H36ClN4O3S+. The van der Waals surface area contributed by atoms with Crippen LogP contribution in [0.3, 0.4) is 0 Å². The standard InChI is InChI=1S/C27H35ClN4O3S/c28-22-8-4-1-5-19(22)12-16-32(17-13-24(29)34,21-6-2-3-7-21)18-15-30-14-11-20-9-10-23(33)25-26(20)36-27(35)31-25/h1,4-5,8-10,21,30H,2-3,6-7,11-18H2,(H3-,29,31,33,34,35)/p+1. The van der Waals surface area contributed by atoms with Gasteiger partial charge >= 0.3 is 4.87 Å². The Morgan fingerprint density at radius 3 is 2.61 bits per heavy atom. The van der Waals surface area contributed by atoms with Crippen LogP contribution in [0.15, 0.2) is 41.2 Å². The third-order valence-electron chi connectivity index (χ3n) is 7.63. The van der Waals surface area contributed by atoms with E-state index in [0.29, 0.717) is 18.0 Å². The molecular weight excluding hydrogens is 496 g/mol. The molecule has 36 heavy (non-hydrogen) atoms. The first kappa shape index (κ1) is 26.7. The first-order valence-electron chi connectivity index (χ1n) is 12.8. The molecule has 1 heterocycles. The number of carbonyl (C=O) groups excluding carboxylic acids is 1. The lowest BCUT2D eigenvalue weighted by Crippen LogP contribution is -2.59. The Labute approximate surface area is 220 Å². The molecule has 3 aromatic rings. The molecule has 5 N–H and O–H groups in total. The minimum absolute atomic E-state index is 0.103. The number of thiazole rings is 1. The average molecular weight is 532 g/mol. The molecule has 194 valence electrons. The molecule has 0 bridgehead atoms. The minimum Gasteiger partial charge on any atom is -0.506 e. The molecule has 1 unspecified atom stereocenters. The lowest BCUT2D eigenvalue weighted by Gasteiger charge is -2.44. The van der Waals surface area contributed by atoms with Crippen molar-refractivity contribution >= 4 is 39.1 Å². The van der Waals surface area contributed by atoms with Crippen LogP contribution < -0.4 is 15.9 Å². The molecule has 1 atom stereocenters. The summed E-state index contributed by atoms with van der Waals surface area (Å²) >= 11 is 7.60. The second-order valence-electron chi connectivity index (χ2n) is 9.85. The van der Waals surface area contributed by atoms with Crippen molar-refractivity contribution in [3.8, 4) is 5.75 Å². The van der Waals surface area contributed by atoms with Crippen molar-refractivity contribution in [2.24, 2.45) is 5.73 Å². The quantitative estimate of drug-likeness (QED) is 0.198. The number of hydrogen-bond acceptors (Lipinski definition) is 5. The summed E-state index contributed by atoms with van der Waals surface area (Å²) in [5.41, 5.74) is 8.31. The predicted molar refractivity (Wildman–Crippen MR) is 147 cm³/mol.